The van der Waals surface area contributed by atoms with Crippen molar-refractivity contribution in [3.05, 3.63) is 53.9 Å². The van der Waals surface area contributed by atoms with Gasteiger partial charge in [0, 0.05) is 24.2 Å². The van der Waals surface area contributed by atoms with Crippen molar-refractivity contribution in [1.29, 1.82) is 0 Å². The van der Waals surface area contributed by atoms with Gasteiger partial charge in [0.25, 0.3) is 0 Å². The molecule has 122 valence electrons. The Balaban J connectivity index is 2.08. The highest BCUT2D eigenvalue weighted by molar-refractivity contribution is 5.87. The van der Waals surface area contributed by atoms with Crippen LogP contribution in [0.5, 0.6) is 5.75 Å². The lowest BCUT2D eigenvalue weighted by Crippen LogP contribution is -2.19. The van der Waals surface area contributed by atoms with Crippen LogP contribution in [0.1, 0.15) is 11.1 Å². The van der Waals surface area contributed by atoms with Gasteiger partial charge >= 0.3 is 0 Å². The van der Waals surface area contributed by atoms with Crippen molar-refractivity contribution in [3.8, 4) is 17.0 Å². The van der Waals surface area contributed by atoms with Crippen LogP contribution in [0.4, 0.5) is 0 Å². The van der Waals surface area contributed by atoms with Crippen molar-refractivity contribution < 1.29 is 9.53 Å². The van der Waals surface area contributed by atoms with Crippen molar-refractivity contribution in [2.75, 3.05) is 14.2 Å². The van der Waals surface area contributed by atoms with Gasteiger partial charge in [-0.2, -0.15) is 0 Å². The number of fused-ring (bicyclic) bond motifs is 1. The quantitative estimate of drug-likeness (QED) is 0.802. The number of aryl methyl sites for hydroxylation is 1. The van der Waals surface area contributed by atoms with Gasteiger partial charge in [0.05, 0.1) is 30.9 Å². The van der Waals surface area contributed by atoms with Crippen LogP contribution in [0.3, 0.4) is 0 Å². The number of benzene rings is 1. The van der Waals surface area contributed by atoms with Crippen LogP contribution in [0, 0.1) is 6.92 Å². The lowest BCUT2D eigenvalue weighted by atomic mass is 10.0. The number of hydrogen-bond donors (Lipinski definition) is 1. The number of rotatable bonds is 4. The molecule has 0 fully saturated rings. The molecule has 0 aliphatic rings. The Morgan fingerprint density at radius 1 is 1.21 bits per heavy atom. The van der Waals surface area contributed by atoms with Gasteiger partial charge < -0.3 is 10.1 Å². The molecule has 0 aliphatic heterocycles. The molecule has 0 saturated carbocycles. The Labute approximate surface area is 140 Å². The third kappa shape index (κ3) is 3.20. The molecule has 0 saturated heterocycles. The molecule has 2 heterocycles. The van der Waals surface area contributed by atoms with Crippen molar-refractivity contribution >= 4 is 16.8 Å². The number of methoxy groups -OCH3 is 1. The van der Waals surface area contributed by atoms with Gasteiger partial charge in [-0.3, -0.25) is 9.78 Å². The zero-order valence-electron chi connectivity index (χ0n) is 14.0. The van der Waals surface area contributed by atoms with Crippen LogP contribution in [0.15, 0.2) is 42.7 Å². The van der Waals surface area contributed by atoms with E-state index in [0.717, 1.165) is 33.3 Å². The molecule has 2 aromatic heterocycles. The highest BCUT2D eigenvalue weighted by atomic mass is 16.5. The number of aromatic nitrogens is 2. The number of likely N-dealkylation sites (N-methyl/N-ethyl adjacent to an activating group) is 1. The fraction of sp³-hybridized carbons (Fsp3) is 0.211. The Bertz CT molecular complexity index is 906. The molecular formula is C19H19N3O2. The summed E-state index contributed by atoms with van der Waals surface area (Å²) in [6.45, 7) is 2.06. The molecule has 1 N–H and O–H groups in total. The van der Waals surface area contributed by atoms with Crippen LogP contribution in [0.25, 0.3) is 22.2 Å². The summed E-state index contributed by atoms with van der Waals surface area (Å²) >= 11 is 0. The average Bonchev–Trinajstić information content (AvgIpc) is 2.61. The molecular weight excluding hydrogens is 302 g/mol. The Hall–Kier alpha value is -2.95. The van der Waals surface area contributed by atoms with E-state index in [1.54, 1.807) is 26.6 Å². The van der Waals surface area contributed by atoms with Crippen molar-refractivity contribution in [2.24, 2.45) is 0 Å². The summed E-state index contributed by atoms with van der Waals surface area (Å²) in [6, 6.07) is 9.91. The zero-order valence-corrected chi connectivity index (χ0v) is 14.0. The lowest BCUT2D eigenvalue weighted by molar-refractivity contribution is -0.119. The minimum atomic E-state index is -0.0146. The summed E-state index contributed by atoms with van der Waals surface area (Å²) in [5.74, 6) is 0.680. The van der Waals surface area contributed by atoms with Gasteiger partial charge in [0.15, 0.2) is 0 Å². The molecule has 5 heteroatoms. The van der Waals surface area contributed by atoms with E-state index >= 15 is 0 Å². The number of amides is 1. The maximum Gasteiger partial charge on any atom is 0.224 e. The average molecular weight is 321 g/mol. The van der Waals surface area contributed by atoms with E-state index in [4.69, 9.17) is 9.72 Å². The van der Waals surface area contributed by atoms with E-state index in [0.29, 0.717) is 12.2 Å². The van der Waals surface area contributed by atoms with Crippen LogP contribution >= 0.6 is 0 Å². The Kier molecular flexibility index (Phi) is 4.42. The molecule has 24 heavy (non-hydrogen) atoms. The Morgan fingerprint density at radius 2 is 2.04 bits per heavy atom. The largest absolute Gasteiger partial charge is 0.495 e. The fourth-order valence-electron chi connectivity index (χ4n) is 2.65. The molecule has 0 unspecified atom stereocenters. The lowest BCUT2D eigenvalue weighted by Gasteiger charge is -2.09. The van der Waals surface area contributed by atoms with E-state index < -0.39 is 0 Å². The van der Waals surface area contributed by atoms with Gasteiger partial charge in [0.2, 0.25) is 5.91 Å². The second kappa shape index (κ2) is 6.66. The highest BCUT2D eigenvalue weighted by Crippen LogP contribution is 2.26. The van der Waals surface area contributed by atoms with Gasteiger partial charge in [-0.1, -0.05) is 12.1 Å². The molecule has 0 bridgehead atoms. The maximum absolute atomic E-state index is 11.6. The third-order valence-electron chi connectivity index (χ3n) is 3.97. The predicted octanol–water partition coefficient (Wildman–Crippen LogP) is 2.90. The molecule has 1 amide bonds. The van der Waals surface area contributed by atoms with Gasteiger partial charge in [-0.15, -0.1) is 0 Å². The van der Waals surface area contributed by atoms with Crippen LogP contribution < -0.4 is 10.1 Å². The monoisotopic (exact) mass is 321 g/mol. The Morgan fingerprint density at radius 3 is 2.79 bits per heavy atom. The summed E-state index contributed by atoms with van der Waals surface area (Å²) in [5, 5.41) is 3.72. The van der Waals surface area contributed by atoms with Crippen LogP contribution in [-0.4, -0.2) is 30.0 Å². The predicted molar refractivity (Wildman–Crippen MR) is 94.0 cm³/mol. The van der Waals surface area contributed by atoms with Crippen molar-refractivity contribution in [2.45, 2.75) is 13.3 Å². The minimum Gasteiger partial charge on any atom is -0.495 e. The second-order valence-electron chi connectivity index (χ2n) is 5.64. The number of nitrogens with zero attached hydrogens (tertiary/aromatic N) is 2. The highest BCUT2D eigenvalue weighted by Gasteiger charge is 2.09. The first kappa shape index (κ1) is 15.9. The summed E-state index contributed by atoms with van der Waals surface area (Å²) in [7, 11) is 3.25. The number of hydrogen-bond acceptors (Lipinski definition) is 4. The van der Waals surface area contributed by atoms with E-state index in [1.807, 2.05) is 30.3 Å². The van der Waals surface area contributed by atoms with Gasteiger partial charge in [-0.05, 0) is 36.2 Å². The number of carbonyl (C=O) groups excluding carboxylic acids is 1. The topological polar surface area (TPSA) is 64.1 Å². The summed E-state index contributed by atoms with van der Waals surface area (Å²) in [6.07, 6.45) is 3.78. The molecule has 1 aromatic carbocycles. The van der Waals surface area contributed by atoms with Crippen LogP contribution in [-0.2, 0) is 11.2 Å². The minimum absolute atomic E-state index is 0.0146. The number of nitrogens with one attached hydrogen (secondary N) is 1. The SMILES string of the molecule is CNC(=O)Cc1ccc2c(C)cc(-c3cncc(OC)c3)nc2c1. The first-order valence-electron chi connectivity index (χ1n) is 7.71. The second-order valence-corrected chi connectivity index (χ2v) is 5.64. The molecule has 3 aromatic rings. The third-order valence-corrected chi connectivity index (χ3v) is 3.97. The summed E-state index contributed by atoms with van der Waals surface area (Å²) < 4.78 is 5.23. The van der Waals surface area contributed by atoms with E-state index in [2.05, 4.69) is 17.2 Å². The number of pyridine rings is 2. The molecule has 0 aliphatic carbocycles. The first-order valence-corrected chi connectivity index (χ1v) is 7.71. The summed E-state index contributed by atoms with van der Waals surface area (Å²) in [4.78, 5) is 20.5. The van der Waals surface area contributed by atoms with E-state index in [9.17, 15) is 4.79 Å². The number of ether oxygens (including phenoxy) is 1. The normalized spacial score (nSPS) is 10.6. The van der Waals surface area contributed by atoms with E-state index in [1.165, 1.54) is 0 Å². The van der Waals surface area contributed by atoms with E-state index in [-0.39, 0.29) is 5.91 Å². The number of carbonyl (C=O) groups is 1. The molecule has 3 rings (SSSR count). The van der Waals surface area contributed by atoms with Gasteiger partial charge in [-0.25, -0.2) is 4.98 Å². The molecule has 0 spiro atoms. The van der Waals surface area contributed by atoms with Gasteiger partial charge in [0.1, 0.15) is 5.75 Å². The van der Waals surface area contributed by atoms with Crippen molar-refractivity contribution in [1.82, 2.24) is 15.3 Å². The maximum atomic E-state index is 11.6. The fourth-order valence-corrected chi connectivity index (χ4v) is 2.65. The first-order chi connectivity index (χ1) is 11.6. The van der Waals surface area contributed by atoms with Crippen molar-refractivity contribution in [3.63, 3.8) is 0 Å². The standard InChI is InChI=1S/C19H19N3O2/c1-12-6-17(14-9-15(24-3)11-21-10-14)22-18-7-13(4-5-16(12)18)8-19(23)20-2/h4-7,9-11H,8H2,1-3H3,(H,20,23). The molecule has 5 nitrogen and oxygen atoms in total. The van der Waals surface area contributed by atoms with Crippen LogP contribution in [0.2, 0.25) is 0 Å². The molecule has 0 atom stereocenters. The smallest absolute Gasteiger partial charge is 0.224 e. The summed E-state index contributed by atoms with van der Waals surface area (Å²) in [5.41, 5.74) is 4.67. The zero-order chi connectivity index (χ0) is 17.1. The molecule has 0 radical (unpaired) electrons.